The molecule has 0 bridgehead atoms. The maximum atomic E-state index is 5.66. The lowest BCUT2D eigenvalue weighted by molar-refractivity contribution is 0.304. The molecule has 0 atom stereocenters. The van der Waals surface area contributed by atoms with Crippen molar-refractivity contribution in [3.63, 3.8) is 0 Å². The third-order valence-corrected chi connectivity index (χ3v) is 4.89. The molecule has 28 heavy (non-hydrogen) atoms. The predicted molar refractivity (Wildman–Crippen MR) is 124 cm³/mol. The molecule has 0 heterocycles. The van der Waals surface area contributed by atoms with Crippen LogP contribution in [0.3, 0.4) is 0 Å². The molecule has 2 aromatic carbocycles. The first-order valence-corrected chi connectivity index (χ1v) is 10.9. The Bertz CT molecular complexity index is 621. The van der Waals surface area contributed by atoms with Crippen LogP contribution in [0.2, 0.25) is 0 Å². The van der Waals surface area contributed by atoms with Crippen molar-refractivity contribution >= 4 is 22.6 Å². The highest BCUT2D eigenvalue weighted by atomic mass is 127. The highest BCUT2D eigenvalue weighted by Crippen LogP contribution is 2.35. The van der Waals surface area contributed by atoms with E-state index in [1.165, 1.54) is 42.1 Å². The zero-order valence-corrected chi connectivity index (χ0v) is 19.7. The Kier molecular flexibility index (Phi) is 13.3. The summed E-state index contributed by atoms with van der Waals surface area (Å²) in [7, 11) is 4.77. The number of ether oxygens (including phenoxy) is 4. The van der Waals surface area contributed by atoms with E-state index in [-0.39, 0.29) is 0 Å². The van der Waals surface area contributed by atoms with Gasteiger partial charge in [-0.2, -0.15) is 0 Å². The van der Waals surface area contributed by atoms with Crippen molar-refractivity contribution in [3.8, 4) is 23.0 Å². The molecule has 2 rings (SSSR count). The Hall–Kier alpha value is -1.63. The SMILES string of the molecule is CCCCCCCCOc1ccc(I)cc1.COc1cccc(OC)c1OC. The van der Waals surface area contributed by atoms with E-state index in [0.717, 1.165) is 12.4 Å². The van der Waals surface area contributed by atoms with Gasteiger partial charge in [0.25, 0.3) is 0 Å². The van der Waals surface area contributed by atoms with Crippen LogP contribution in [0.5, 0.6) is 23.0 Å². The van der Waals surface area contributed by atoms with Crippen LogP contribution >= 0.6 is 22.6 Å². The monoisotopic (exact) mass is 500 g/mol. The first kappa shape index (κ1) is 24.4. The van der Waals surface area contributed by atoms with Gasteiger partial charge in [-0.15, -0.1) is 0 Å². The quantitative estimate of drug-likeness (QED) is 0.253. The topological polar surface area (TPSA) is 36.9 Å². The molecule has 0 saturated carbocycles. The van der Waals surface area contributed by atoms with Gasteiger partial charge in [0.15, 0.2) is 11.5 Å². The zero-order valence-electron chi connectivity index (χ0n) is 17.5. The normalized spacial score (nSPS) is 9.89. The fourth-order valence-electron chi connectivity index (χ4n) is 2.62. The Morgan fingerprint density at radius 1 is 0.714 bits per heavy atom. The number of methoxy groups -OCH3 is 3. The van der Waals surface area contributed by atoms with Gasteiger partial charge in [-0.1, -0.05) is 45.1 Å². The first-order valence-electron chi connectivity index (χ1n) is 9.79. The van der Waals surface area contributed by atoms with E-state index in [4.69, 9.17) is 18.9 Å². The van der Waals surface area contributed by atoms with Gasteiger partial charge in [-0.25, -0.2) is 0 Å². The molecule has 156 valence electrons. The fraction of sp³-hybridized carbons (Fsp3) is 0.478. The lowest BCUT2D eigenvalue weighted by Gasteiger charge is -2.10. The van der Waals surface area contributed by atoms with Crippen LogP contribution in [0.15, 0.2) is 42.5 Å². The number of unbranched alkanes of at least 4 members (excludes halogenated alkanes) is 5. The number of halogens is 1. The number of para-hydroxylation sites is 1. The molecule has 0 unspecified atom stereocenters. The van der Waals surface area contributed by atoms with Gasteiger partial charge in [0.05, 0.1) is 27.9 Å². The van der Waals surface area contributed by atoms with Crippen LogP contribution in [0.4, 0.5) is 0 Å². The molecule has 0 fully saturated rings. The fourth-order valence-corrected chi connectivity index (χ4v) is 2.98. The summed E-state index contributed by atoms with van der Waals surface area (Å²) in [5, 5.41) is 0. The molecule has 0 saturated heterocycles. The molecule has 0 aromatic heterocycles. The van der Waals surface area contributed by atoms with E-state index in [9.17, 15) is 0 Å². The molecule has 0 aliphatic carbocycles. The maximum absolute atomic E-state index is 5.66. The van der Waals surface area contributed by atoms with E-state index < -0.39 is 0 Å². The van der Waals surface area contributed by atoms with Crippen LogP contribution in [0.1, 0.15) is 45.4 Å². The molecule has 0 spiro atoms. The number of hydrogen-bond donors (Lipinski definition) is 0. The molecule has 2 aromatic rings. The Morgan fingerprint density at radius 2 is 1.29 bits per heavy atom. The molecule has 0 N–H and O–H groups in total. The van der Waals surface area contributed by atoms with Gasteiger partial charge in [-0.05, 0) is 65.4 Å². The van der Waals surface area contributed by atoms with Crippen molar-refractivity contribution in [1.82, 2.24) is 0 Å². The van der Waals surface area contributed by atoms with Gasteiger partial charge in [-0.3, -0.25) is 0 Å². The molecule has 4 nitrogen and oxygen atoms in total. The molecule has 0 aliphatic heterocycles. The number of benzene rings is 2. The highest BCUT2D eigenvalue weighted by Gasteiger charge is 2.08. The summed E-state index contributed by atoms with van der Waals surface area (Å²) in [6.45, 7) is 3.10. The van der Waals surface area contributed by atoms with Crippen molar-refractivity contribution < 1.29 is 18.9 Å². The van der Waals surface area contributed by atoms with E-state index in [1.54, 1.807) is 21.3 Å². The van der Waals surface area contributed by atoms with E-state index in [1.807, 2.05) is 30.3 Å². The van der Waals surface area contributed by atoms with Crippen LogP contribution in [-0.4, -0.2) is 27.9 Å². The summed E-state index contributed by atoms with van der Waals surface area (Å²) < 4.78 is 22.2. The second-order valence-corrected chi connectivity index (χ2v) is 7.51. The minimum Gasteiger partial charge on any atom is -0.494 e. The molecule has 0 amide bonds. The molecular weight excluding hydrogens is 467 g/mol. The Balaban J connectivity index is 0.000000292. The van der Waals surface area contributed by atoms with Crippen LogP contribution in [-0.2, 0) is 0 Å². The highest BCUT2D eigenvalue weighted by molar-refractivity contribution is 14.1. The van der Waals surface area contributed by atoms with E-state index in [2.05, 4.69) is 41.6 Å². The van der Waals surface area contributed by atoms with Crippen molar-refractivity contribution in [1.29, 1.82) is 0 Å². The minimum absolute atomic E-state index is 0.627. The first-order chi connectivity index (χ1) is 13.7. The van der Waals surface area contributed by atoms with Crippen molar-refractivity contribution in [2.75, 3.05) is 27.9 Å². The summed E-state index contributed by atoms with van der Waals surface area (Å²) in [4.78, 5) is 0. The molecule has 0 aliphatic rings. The molecule has 5 heteroatoms. The number of hydrogen-bond acceptors (Lipinski definition) is 4. The minimum atomic E-state index is 0.627. The summed E-state index contributed by atoms with van der Waals surface area (Å²) in [6, 6.07) is 13.7. The van der Waals surface area contributed by atoms with Gasteiger partial charge in [0, 0.05) is 3.57 Å². The van der Waals surface area contributed by atoms with Crippen molar-refractivity contribution in [2.45, 2.75) is 45.4 Å². The number of rotatable bonds is 11. The molecule has 0 radical (unpaired) electrons. The van der Waals surface area contributed by atoms with Gasteiger partial charge >= 0.3 is 0 Å². The van der Waals surface area contributed by atoms with Crippen LogP contribution in [0.25, 0.3) is 0 Å². The summed E-state index contributed by atoms with van der Waals surface area (Å²) in [5.74, 6) is 2.98. The van der Waals surface area contributed by atoms with Crippen LogP contribution < -0.4 is 18.9 Å². The second-order valence-electron chi connectivity index (χ2n) is 6.27. The average Bonchev–Trinajstić information content (AvgIpc) is 2.74. The average molecular weight is 500 g/mol. The standard InChI is InChI=1S/C14H21IO.C9H12O3/c1-2-3-4-5-6-7-12-16-14-10-8-13(15)9-11-14;1-10-7-5-4-6-8(11-2)9(7)12-3/h8-11H,2-7,12H2,1H3;4-6H,1-3H3. The zero-order chi connectivity index (χ0) is 20.6. The van der Waals surface area contributed by atoms with Gasteiger partial charge < -0.3 is 18.9 Å². The third kappa shape index (κ3) is 9.53. The molecular formula is C23H33IO4. The smallest absolute Gasteiger partial charge is 0.203 e. The maximum Gasteiger partial charge on any atom is 0.203 e. The second kappa shape index (κ2) is 15.3. The Labute approximate surface area is 183 Å². The summed E-state index contributed by atoms with van der Waals surface area (Å²) >= 11 is 2.30. The third-order valence-electron chi connectivity index (χ3n) is 4.17. The van der Waals surface area contributed by atoms with Gasteiger partial charge in [0.1, 0.15) is 5.75 Å². The lowest BCUT2D eigenvalue weighted by atomic mass is 10.1. The summed E-state index contributed by atoms with van der Waals surface area (Å²) in [6.07, 6.45) is 7.89. The van der Waals surface area contributed by atoms with Crippen molar-refractivity contribution in [2.24, 2.45) is 0 Å². The van der Waals surface area contributed by atoms with E-state index >= 15 is 0 Å². The van der Waals surface area contributed by atoms with Crippen LogP contribution in [0, 0.1) is 3.57 Å². The lowest BCUT2D eigenvalue weighted by Crippen LogP contribution is -1.97. The summed E-state index contributed by atoms with van der Waals surface area (Å²) in [5.41, 5.74) is 0. The predicted octanol–water partition coefficient (Wildman–Crippen LogP) is 6.74. The van der Waals surface area contributed by atoms with Gasteiger partial charge in [0.2, 0.25) is 5.75 Å². The van der Waals surface area contributed by atoms with E-state index in [0.29, 0.717) is 17.2 Å². The van der Waals surface area contributed by atoms with Crippen molar-refractivity contribution in [3.05, 3.63) is 46.0 Å². The Morgan fingerprint density at radius 3 is 1.82 bits per heavy atom. The largest absolute Gasteiger partial charge is 0.494 e.